The molecule has 0 aromatic heterocycles. The number of hydrogen-bond donors (Lipinski definition) is 3. The summed E-state index contributed by atoms with van der Waals surface area (Å²) in [4.78, 5) is 34.7. The van der Waals surface area contributed by atoms with Gasteiger partial charge in [0.15, 0.2) is 0 Å². The van der Waals surface area contributed by atoms with Gasteiger partial charge in [0.25, 0.3) is 5.91 Å². The number of nitrogens with one attached hydrogen (secondary N) is 2. The molecule has 0 heterocycles. The van der Waals surface area contributed by atoms with Crippen LogP contribution in [0.3, 0.4) is 0 Å². The molecule has 1 aromatic rings. The number of carbonyl (C=O) groups excluding carboxylic acids is 2. The monoisotopic (exact) mass is 328 g/mol. The van der Waals surface area contributed by atoms with Crippen LogP contribution in [0.25, 0.3) is 0 Å². The van der Waals surface area contributed by atoms with E-state index < -0.39 is 18.4 Å². The molecule has 0 radical (unpaired) electrons. The van der Waals surface area contributed by atoms with Gasteiger partial charge < -0.3 is 15.7 Å². The summed E-state index contributed by atoms with van der Waals surface area (Å²) in [5.74, 6) is -0.653. The van der Waals surface area contributed by atoms with Gasteiger partial charge in [-0.1, -0.05) is 12.2 Å². The molecular weight excluding hydrogens is 308 g/mol. The number of fused-ring (bicyclic) bond motifs is 2. The molecule has 2 bridgehead atoms. The second-order valence-electron chi connectivity index (χ2n) is 6.37. The number of allylic oxidation sites excluding steroid dienone is 2. The molecule has 1 saturated carbocycles. The summed E-state index contributed by atoms with van der Waals surface area (Å²) in [7, 11) is 0. The topological polar surface area (TPSA) is 95.5 Å². The molecule has 6 heteroatoms. The highest BCUT2D eigenvalue weighted by Gasteiger charge is 2.36. The maximum Gasteiger partial charge on any atom is 0.322 e. The number of carboxylic acids is 1. The molecule has 3 N–H and O–H groups in total. The standard InChI is InChI=1S/C18H20N2O4/c21-16(22)10-19-17(23)13-5-7-14(8-6-13)20-18(24)15-9-11-1-3-12(15)4-2-11/h1,3,5-8,11-12,15H,2,4,9-10H2,(H,19,23)(H,20,24)(H,21,22)/t11-,12+,15-/m1/s1. The zero-order valence-corrected chi connectivity index (χ0v) is 13.2. The molecular formula is C18H20N2O4. The molecule has 0 saturated heterocycles. The highest BCUT2D eigenvalue weighted by atomic mass is 16.4. The first-order valence-corrected chi connectivity index (χ1v) is 8.12. The fraction of sp³-hybridized carbons (Fsp3) is 0.389. The maximum absolute atomic E-state index is 12.5. The summed E-state index contributed by atoms with van der Waals surface area (Å²) in [5.41, 5.74) is 0.995. The number of carbonyl (C=O) groups is 3. The van der Waals surface area contributed by atoms with Crippen molar-refractivity contribution in [2.45, 2.75) is 19.3 Å². The average molecular weight is 328 g/mol. The summed E-state index contributed by atoms with van der Waals surface area (Å²) >= 11 is 0. The Labute approximate surface area is 139 Å². The van der Waals surface area contributed by atoms with Gasteiger partial charge in [-0.3, -0.25) is 14.4 Å². The van der Waals surface area contributed by atoms with Crippen molar-refractivity contribution in [3.05, 3.63) is 42.0 Å². The van der Waals surface area contributed by atoms with E-state index in [9.17, 15) is 14.4 Å². The first kappa shape index (κ1) is 16.2. The van der Waals surface area contributed by atoms with Gasteiger partial charge in [-0.15, -0.1) is 0 Å². The number of aliphatic carboxylic acids is 1. The second-order valence-corrected chi connectivity index (χ2v) is 6.37. The molecule has 1 fully saturated rings. The van der Waals surface area contributed by atoms with Crippen molar-refractivity contribution >= 4 is 23.5 Å². The molecule has 3 atom stereocenters. The third-order valence-corrected chi connectivity index (χ3v) is 4.73. The molecule has 2 amide bonds. The van der Waals surface area contributed by atoms with E-state index in [-0.39, 0.29) is 11.8 Å². The van der Waals surface area contributed by atoms with E-state index in [1.165, 1.54) is 6.42 Å². The van der Waals surface area contributed by atoms with Crippen LogP contribution in [0.1, 0.15) is 29.6 Å². The van der Waals surface area contributed by atoms with Crippen LogP contribution in [0.2, 0.25) is 0 Å². The lowest BCUT2D eigenvalue weighted by Gasteiger charge is -2.36. The lowest BCUT2D eigenvalue weighted by molar-refractivity contribution is -0.135. The highest BCUT2D eigenvalue weighted by molar-refractivity contribution is 5.97. The average Bonchev–Trinajstić information content (AvgIpc) is 2.61. The van der Waals surface area contributed by atoms with Gasteiger partial charge in [0, 0.05) is 17.2 Å². The number of anilines is 1. The van der Waals surface area contributed by atoms with Crippen LogP contribution in [-0.4, -0.2) is 29.4 Å². The summed E-state index contributed by atoms with van der Waals surface area (Å²) < 4.78 is 0. The van der Waals surface area contributed by atoms with Gasteiger partial charge in [-0.05, 0) is 55.4 Å². The van der Waals surface area contributed by atoms with E-state index in [0.29, 0.717) is 23.1 Å². The zero-order valence-electron chi connectivity index (χ0n) is 13.2. The SMILES string of the molecule is O=C(O)CNC(=O)c1ccc(NC(=O)[C@@H]2C[C@@H]3C=C[C@H]2CC3)cc1. The van der Waals surface area contributed by atoms with Gasteiger partial charge in [0.1, 0.15) is 6.54 Å². The molecule has 1 aromatic carbocycles. The fourth-order valence-electron chi connectivity index (χ4n) is 3.43. The number of rotatable bonds is 5. The number of hydrogen-bond acceptors (Lipinski definition) is 3. The molecule has 0 aliphatic heterocycles. The van der Waals surface area contributed by atoms with Crippen molar-refractivity contribution in [2.75, 3.05) is 11.9 Å². The second kappa shape index (κ2) is 6.86. The van der Waals surface area contributed by atoms with E-state index in [1.807, 2.05) is 0 Å². The molecule has 0 unspecified atom stereocenters. The number of benzene rings is 1. The smallest absolute Gasteiger partial charge is 0.322 e. The first-order valence-electron chi connectivity index (χ1n) is 8.12. The van der Waals surface area contributed by atoms with Crippen molar-refractivity contribution in [3.8, 4) is 0 Å². The predicted octanol–water partition coefficient (Wildman–Crippen LogP) is 2.04. The van der Waals surface area contributed by atoms with Crippen molar-refractivity contribution in [1.29, 1.82) is 0 Å². The third kappa shape index (κ3) is 3.64. The van der Waals surface area contributed by atoms with Crippen molar-refractivity contribution in [1.82, 2.24) is 5.32 Å². The first-order chi connectivity index (χ1) is 11.5. The summed E-state index contributed by atoms with van der Waals surface area (Å²) in [6.45, 7) is -0.422. The van der Waals surface area contributed by atoms with Crippen LogP contribution in [0.4, 0.5) is 5.69 Å². The van der Waals surface area contributed by atoms with Crippen LogP contribution in [0.5, 0.6) is 0 Å². The van der Waals surface area contributed by atoms with Crippen LogP contribution < -0.4 is 10.6 Å². The molecule has 24 heavy (non-hydrogen) atoms. The van der Waals surface area contributed by atoms with E-state index in [2.05, 4.69) is 22.8 Å². The van der Waals surface area contributed by atoms with Gasteiger partial charge in [-0.25, -0.2) is 0 Å². The molecule has 6 nitrogen and oxygen atoms in total. The van der Waals surface area contributed by atoms with E-state index >= 15 is 0 Å². The minimum atomic E-state index is -1.09. The van der Waals surface area contributed by atoms with E-state index in [1.54, 1.807) is 24.3 Å². The van der Waals surface area contributed by atoms with Gasteiger partial charge >= 0.3 is 5.97 Å². The number of carboxylic acid groups (broad SMARTS) is 1. The fourth-order valence-corrected chi connectivity index (χ4v) is 3.43. The Kier molecular flexibility index (Phi) is 4.64. The highest BCUT2D eigenvalue weighted by Crippen LogP contribution is 2.40. The normalized spacial score (nSPS) is 24.4. The maximum atomic E-state index is 12.5. The Morgan fingerprint density at radius 1 is 1.08 bits per heavy atom. The molecule has 3 aliphatic carbocycles. The predicted molar refractivity (Wildman–Crippen MR) is 88.5 cm³/mol. The molecule has 4 rings (SSSR count). The van der Waals surface area contributed by atoms with Crippen LogP contribution in [0.15, 0.2) is 36.4 Å². The quantitative estimate of drug-likeness (QED) is 0.721. The van der Waals surface area contributed by atoms with Crippen LogP contribution in [0, 0.1) is 17.8 Å². The Bertz CT molecular complexity index is 681. The van der Waals surface area contributed by atoms with Crippen molar-refractivity contribution in [3.63, 3.8) is 0 Å². The Morgan fingerprint density at radius 3 is 2.38 bits per heavy atom. The summed E-state index contributed by atoms with van der Waals surface area (Å²) in [6, 6.07) is 6.45. The largest absolute Gasteiger partial charge is 0.480 e. The molecule has 0 spiro atoms. The van der Waals surface area contributed by atoms with Crippen LogP contribution >= 0.6 is 0 Å². The summed E-state index contributed by atoms with van der Waals surface area (Å²) in [5, 5.41) is 13.8. The van der Waals surface area contributed by atoms with Crippen molar-refractivity contribution < 1.29 is 19.5 Å². The minimum absolute atomic E-state index is 0.0206. The van der Waals surface area contributed by atoms with Gasteiger partial charge in [0.2, 0.25) is 5.91 Å². The van der Waals surface area contributed by atoms with E-state index in [4.69, 9.17) is 5.11 Å². The zero-order chi connectivity index (χ0) is 17.1. The lowest BCUT2D eigenvalue weighted by Crippen LogP contribution is -2.36. The van der Waals surface area contributed by atoms with Gasteiger partial charge in [0.05, 0.1) is 0 Å². The van der Waals surface area contributed by atoms with Gasteiger partial charge in [-0.2, -0.15) is 0 Å². The minimum Gasteiger partial charge on any atom is -0.480 e. The van der Waals surface area contributed by atoms with Crippen LogP contribution in [-0.2, 0) is 9.59 Å². The molecule has 126 valence electrons. The third-order valence-electron chi connectivity index (χ3n) is 4.73. The number of amides is 2. The Balaban J connectivity index is 1.58. The Hall–Kier alpha value is -2.63. The lowest BCUT2D eigenvalue weighted by atomic mass is 9.69. The molecule has 3 aliphatic rings. The van der Waals surface area contributed by atoms with E-state index in [0.717, 1.165) is 12.8 Å². The summed E-state index contributed by atoms with van der Waals surface area (Å²) in [6.07, 6.45) is 7.54. The van der Waals surface area contributed by atoms with Crippen molar-refractivity contribution in [2.24, 2.45) is 17.8 Å². The Morgan fingerprint density at radius 2 is 1.83 bits per heavy atom.